The number of para-hydroxylation sites is 1. The Labute approximate surface area is 136 Å². The smallest absolute Gasteiger partial charge is 0.354 e. The Kier molecular flexibility index (Phi) is 6.17. The van der Waals surface area contributed by atoms with Crippen molar-refractivity contribution in [2.75, 3.05) is 32.6 Å². The fourth-order valence-electron chi connectivity index (χ4n) is 2.54. The number of benzene rings is 1. The normalized spacial score (nSPS) is 15.3. The maximum Gasteiger partial charge on any atom is 0.354 e. The highest BCUT2D eigenvalue weighted by molar-refractivity contribution is 5.98. The number of carbonyl (C=O) groups is 2. The van der Waals surface area contributed by atoms with Gasteiger partial charge in [0, 0.05) is 12.2 Å². The number of likely N-dealkylation sites (tertiary alicyclic amines) is 1. The Bertz CT molecular complexity index is 592. The number of nitrogens with one attached hydrogen (secondary N) is 1. The molecule has 0 aromatic heterocycles. The molecule has 0 bridgehead atoms. The first kappa shape index (κ1) is 17.0. The summed E-state index contributed by atoms with van der Waals surface area (Å²) in [6.45, 7) is 2.96. The minimum absolute atomic E-state index is 0.0493. The number of carbonyl (C=O) groups excluding carboxylic acids is 2. The van der Waals surface area contributed by atoms with E-state index in [1.54, 1.807) is 0 Å². The second-order valence-electron chi connectivity index (χ2n) is 5.34. The third-order valence-corrected chi connectivity index (χ3v) is 3.75. The SMILES string of the molecule is COC(=O)/C=C(/Nc1ccccc1CN1CCCC1)C(=O)OC. The van der Waals surface area contributed by atoms with Crippen molar-refractivity contribution in [1.29, 1.82) is 0 Å². The summed E-state index contributed by atoms with van der Waals surface area (Å²) in [6, 6.07) is 7.72. The Balaban J connectivity index is 2.20. The van der Waals surface area contributed by atoms with E-state index in [9.17, 15) is 9.59 Å². The molecule has 0 atom stereocenters. The number of anilines is 1. The van der Waals surface area contributed by atoms with E-state index in [1.165, 1.54) is 27.1 Å². The van der Waals surface area contributed by atoms with Gasteiger partial charge in [0.1, 0.15) is 5.70 Å². The van der Waals surface area contributed by atoms with Crippen LogP contribution in [0.2, 0.25) is 0 Å². The summed E-state index contributed by atoms with van der Waals surface area (Å²) >= 11 is 0. The van der Waals surface area contributed by atoms with Crippen LogP contribution in [0.4, 0.5) is 5.69 Å². The van der Waals surface area contributed by atoms with Gasteiger partial charge in [-0.1, -0.05) is 18.2 Å². The van der Waals surface area contributed by atoms with Gasteiger partial charge in [-0.3, -0.25) is 4.90 Å². The Morgan fingerprint density at radius 1 is 1.17 bits per heavy atom. The molecule has 1 saturated heterocycles. The number of hydrogen-bond acceptors (Lipinski definition) is 6. The van der Waals surface area contributed by atoms with Crippen molar-refractivity contribution in [3.8, 4) is 0 Å². The molecule has 1 aromatic rings. The van der Waals surface area contributed by atoms with E-state index in [0.717, 1.165) is 37.0 Å². The van der Waals surface area contributed by atoms with E-state index >= 15 is 0 Å². The zero-order valence-electron chi connectivity index (χ0n) is 13.5. The standard InChI is InChI=1S/C17H22N2O4/c1-22-16(20)11-15(17(21)23-2)18-14-8-4-3-7-13(14)12-19-9-5-6-10-19/h3-4,7-8,11,18H,5-6,9-10,12H2,1-2H3/b15-11+. The monoisotopic (exact) mass is 318 g/mol. The second kappa shape index (κ2) is 8.33. The lowest BCUT2D eigenvalue weighted by atomic mass is 10.1. The molecule has 0 unspecified atom stereocenters. The van der Waals surface area contributed by atoms with Crippen molar-refractivity contribution in [3.63, 3.8) is 0 Å². The quantitative estimate of drug-likeness (QED) is 0.638. The van der Waals surface area contributed by atoms with E-state index in [1.807, 2.05) is 24.3 Å². The van der Waals surface area contributed by atoms with Crippen molar-refractivity contribution < 1.29 is 19.1 Å². The molecule has 23 heavy (non-hydrogen) atoms. The van der Waals surface area contributed by atoms with Gasteiger partial charge in [-0.2, -0.15) is 0 Å². The maximum atomic E-state index is 11.9. The molecule has 1 aliphatic rings. The molecule has 2 rings (SSSR count). The molecule has 124 valence electrons. The van der Waals surface area contributed by atoms with E-state index in [0.29, 0.717) is 0 Å². The van der Waals surface area contributed by atoms with Gasteiger partial charge in [-0.15, -0.1) is 0 Å². The first-order valence-corrected chi connectivity index (χ1v) is 7.59. The van der Waals surface area contributed by atoms with Crippen molar-refractivity contribution in [2.45, 2.75) is 19.4 Å². The summed E-state index contributed by atoms with van der Waals surface area (Å²) < 4.78 is 9.29. The van der Waals surface area contributed by atoms with Crippen LogP contribution in [0.15, 0.2) is 36.0 Å². The van der Waals surface area contributed by atoms with Crippen molar-refractivity contribution in [3.05, 3.63) is 41.6 Å². The van der Waals surface area contributed by atoms with Crippen LogP contribution >= 0.6 is 0 Å². The molecule has 1 N–H and O–H groups in total. The third-order valence-electron chi connectivity index (χ3n) is 3.75. The molecule has 0 radical (unpaired) electrons. The van der Waals surface area contributed by atoms with E-state index < -0.39 is 11.9 Å². The Hall–Kier alpha value is -2.34. The zero-order chi connectivity index (χ0) is 16.7. The molecule has 0 amide bonds. The largest absolute Gasteiger partial charge is 0.466 e. The van der Waals surface area contributed by atoms with Gasteiger partial charge in [0.05, 0.1) is 20.3 Å². The number of hydrogen-bond donors (Lipinski definition) is 1. The van der Waals surface area contributed by atoms with Crippen molar-refractivity contribution in [1.82, 2.24) is 4.90 Å². The minimum atomic E-state index is -0.619. The Morgan fingerprint density at radius 3 is 2.52 bits per heavy atom. The van der Waals surface area contributed by atoms with Crippen molar-refractivity contribution in [2.24, 2.45) is 0 Å². The lowest BCUT2D eigenvalue weighted by Gasteiger charge is -2.18. The van der Waals surface area contributed by atoms with Gasteiger partial charge in [-0.05, 0) is 37.6 Å². The van der Waals surface area contributed by atoms with Gasteiger partial charge in [0.15, 0.2) is 0 Å². The third kappa shape index (κ3) is 4.82. The summed E-state index contributed by atoms with van der Waals surface area (Å²) in [7, 11) is 2.53. The average Bonchev–Trinajstić information content (AvgIpc) is 3.08. The second-order valence-corrected chi connectivity index (χ2v) is 5.34. The summed E-state index contributed by atoms with van der Waals surface area (Å²) in [5.74, 6) is -1.23. The molecule has 1 aliphatic heterocycles. The number of ether oxygens (including phenoxy) is 2. The molecule has 0 spiro atoms. The van der Waals surface area contributed by atoms with Gasteiger partial charge in [0.2, 0.25) is 0 Å². The van der Waals surface area contributed by atoms with Gasteiger partial charge >= 0.3 is 11.9 Å². The topological polar surface area (TPSA) is 67.9 Å². The fourth-order valence-corrected chi connectivity index (χ4v) is 2.54. The molecule has 1 heterocycles. The Morgan fingerprint density at radius 2 is 1.87 bits per heavy atom. The van der Waals surface area contributed by atoms with Crippen molar-refractivity contribution >= 4 is 17.6 Å². The van der Waals surface area contributed by atoms with Gasteiger partial charge in [0.25, 0.3) is 0 Å². The number of rotatable bonds is 6. The maximum absolute atomic E-state index is 11.9. The summed E-state index contributed by atoms with van der Waals surface area (Å²) in [6.07, 6.45) is 3.52. The highest BCUT2D eigenvalue weighted by Crippen LogP contribution is 2.21. The summed E-state index contributed by atoms with van der Waals surface area (Å²) in [4.78, 5) is 25.7. The van der Waals surface area contributed by atoms with Crippen LogP contribution in [0, 0.1) is 0 Å². The van der Waals surface area contributed by atoms with Crippen LogP contribution < -0.4 is 5.32 Å². The molecule has 1 aromatic carbocycles. The highest BCUT2D eigenvalue weighted by Gasteiger charge is 2.17. The molecule has 1 fully saturated rings. The molecular weight excluding hydrogens is 296 g/mol. The first-order valence-electron chi connectivity index (χ1n) is 7.59. The molecule has 0 aliphatic carbocycles. The minimum Gasteiger partial charge on any atom is -0.466 e. The predicted molar refractivity (Wildman–Crippen MR) is 86.7 cm³/mol. The van der Waals surface area contributed by atoms with Gasteiger partial charge in [-0.25, -0.2) is 9.59 Å². The van der Waals surface area contributed by atoms with E-state index in [4.69, 9.17) is 4.74 Å². The van der Waals surface area contributed by atoms with Crippen LogP contribution in [0.5, 0.6) is 0 Å². The lowest BCUT2D eigenvalue weighted by Crippen LogP contribution is -2.20. The highest BCUT2D eigenvalue weighted by atomic mass is 16.5. The van der Waals surface area contributed by atoms with Crippen LogP contribution in [0.3, 0.4) is 0 Å². The number of nitrogens with zero attached hydrogens (tertiary/aromatic N) is 1. The van der Waals surface area contributed by atoms with Crippen LogP contribution in [0.1, 0.15) is 18.4 Å². The van der Waals surface area contributed by atoms with E-state index in [2.05, 4.69) is 15.0 Å². The summed E-state index contributed by atoms with van der Waals surface area (Å²) in [5, 5.41) is 3.00. The number of methoxy groups -OCH3 is 2. The molecule has 6 nitrogen and oxygen atoms in total. The number of esters is 2. The first-order chi connectivity index (χ1) is 11.1. The lowest BCUT2D eigenvalue weighted by molar-refractivity contribution is -0.138. The zero-order valence-corrected chi connectivity index (χ0v) is 13.5. The van der Waals surface area contributed by atoms with E-state index in [-0.39, 0.29) is 5.70 Å². The van der Waals surface area contributed by atoms with Gasteiger partial charge < -0.3 is 14.8 Å². The van der Waals surface area contributed by atoms with Crippen LogP contribution in [0.25, 0.3) is 0 Å². The van der Waals surface area contributed by atoms with Crippen LogP contribution in [-0.4, -0.2) is 44.1 Å². The fraction of sp³-hybridized carbons (Fsp3) is 0.412. The molecular formula is C17H22N2O4. The molecule has 6 heteroatoms. The average molecular weight is 318 g/mol. The molecule has 0 saturated carbocycles. The summed E-state index contributed by atoms with van der Waals surface area (Å²) in [5.41, 5.74) is 1.89. The van der Waals surface area contributed by atoms with Crippen LogP contribution in [-0.2, 0) is 25.6 Å². The predicted octanol–water partition coefficient (Wildman–Crippen LogP) is 1.92.